The minimum Gasteiger partial charge on any atom is -0.462 e. The van der Waals surface area contributed by atoms with Crippen LogP contribution in [0.3, 0.4) is 0 Å². The zero-order valence-corrected chi connectivity index (χ0v) is 16.5. The van der Waals surface area contributed by atoms with Gasteiger partial charge in [0, 0.05) is 17.5 Å². The first-order valence-electron chi connectivity index (χ1n) is 9.32. The number of anilines is 1. The quantitative estimate of drug-likeness (QED) is 0.350. The number of rotatable bonds is 6. The van der Waals surface area contributed by atoms with Crippen LogP contribution >= 0.6 is 0 Å². The average molecular weight is 374 g/mol. The van der Waals surface area contributed by atoms with E-state index in [0.717, 1.165) is 24.2 Å². The monoisotopic (exact) mass is 374 g/mol. The summed E-state index contributed by atoms with van der Waals surface area (Å²) >= 11 is 0. The molecule has 0 radical (unpaired) electrons. The van der Waals surface area contributed by atoms with Crippen molar-refractivity contribution in [2.75, 3.05) is 18.5 Å². The molecule has 1 heterocycles. The lowest BCUT2D eigenvalue weighted by Crippen LogP contribution is -2.32. The maximum atomic E-state index is 12.0. The molecule has 0 amide bonds. The molecule has 0 saturated heterocycles. The fourth-order valence-corrected chi connectivity index (χ4v) is 4.19. The van der Waals surface area contributed by atoms with E-state index in [1.54, 1.807) is 13.8 Å². The maximum absolute atomic E-state index is 12.0. The molecule has 0 unspecified atom stereocenters. The largest absolute Gasteiger partial charge is 0.462 e. The van der Waals surface area contributed by atoms with Gasteiger partial charge < -0.3 is 14.8 Å². The molecule has 1 saturated carbocycles. The molecule has 3 rings (SSSR count). The highest BCUT2D eigenvalue weighted by Gasteiger charge is 2.61. The van der Waals surface area contributed by atoms with Crippen LogP contribution < -0.4 is 5.32 Å². The second-order valence-electron chi connectivity index (χ2n) is 7.66. The first-order valence-corrected chi connectivity index (χ1v) is 9.32. The van der Waals surface area contributed by atoms with Crippen molar-refractivity contribution < 1.29 is 19.1 Å². The minimum absolute atomic E-state index is 0.0613. The first-order chi connectivity index (χ1) is 12.8. The molecule has 1 N–H and O–H groups in total. The minimum atomic E-state index is -0.760. The highest BCUT2D eigenvalue weighted by Crippen LogP contribution is 2.66. The van der Waals surface area contributed by atoms with Crippen LogP contribution in [0.25, 0.3) is 0 Å². The van der Waals surface area contributed by atoms with E-state index in [-0.39, 0.29) is 35.6 Å². The van der Waals surface area contributed by atoms with E-state index >= 15 is 0 Å². The highest BCUT2D eigenvalue weighted by atomic mass is 16.6. The Kier molecular flexibility index (Phi) is 4.92. The molecule has 2 bridgehead atoms. The molecule has 0 aromatic carbocycles. The van der Waals surface area contributed by atoms with Crippen molar-refractivity contribution in [3.8, 4) is 0 Å². The Bertz CT molecular complexity index is 785. The molecule has 2 aliphatic rings. The Balaban J connectivity index is 1.87. The van der Waals surface area contributed by atoms with E-state index in [4.69, 9.17) is 9.47 Å². The van der Waals surface area contributed by atoms with Gasteiger partial charge in [0.15, 0.2) is 5.57 Å². The molecule has 8 heteroatoms. The summed E-state index contributed by atoms with van der Waals surface area (Å²) in [5.74, 6) is -0.921. The summed E-state index contributed by atoms with van der Waals surface area (Å²) in [5.41, 5.74) is 1.68. The molecule has 0 spiro atoms. The van der Waals surface area contributed by atoms with Crippen LogP contribution in [0.4, 0.5) is 5.95 Å². The van der Waals surface area contributed by atoms with Gasteiger partial charge in [0.05, 0.1) is 24.6 Å². The van der Waals surface area contributed by atoms with Gasteiger partial charge in [0.2, 0.25) is 5.95 Å². The van der Waals surface area contributed by atoms with Crippen molar-refractivity contribution in [1.29, 1.82) is 0 Å². The van der Waals surface area contributed by atoms with Gasteiger partial charge in [0.1, 0.15) is 0 Å². The van der Waals surface area contributed by atoms with E-state index < -0.39 is 11.9 Å². The molecule has 2 aliphatic carbocycles. The van der Waals surface area contributed by atoms with Gasteiger partial charge in [0.25, 0.3) is 0 Å². The van der Waals surface area contributed by atoms with Crippen LogP contribution in [-0.4, -0.2) is 40.3 Å². The third kappa shape index (κ3) is 2.96. The zero-order valence-electron chi connectivity index (χ0n) is 16.5. The van der Waals surface area contributed by atoms with Crippen LogP contribution in [-0.2, 0) is 24.5 Å². The van der Waals surface area contributed by atoms with E-state index in [1.807, 2.05) is 0 Å². The second-order valence-corrected chi connectivity index (χ2v) is 7.66. The fraction of sp³-hybridized carbons (Fsp3) is 0.632. The molecule has 1 aromatic heterocycles. The average Bonchev–Trinajstić information content (AvgIpc) is 2.94. The molecular formula is C19H26N4O4. The molecule has 2 atom stereocenters. The van der Waals surface area contributed by atoms with Gasteiger partial charge >= 0.3 is 11.9 Å². The number of ether oxygens (including phenoxy) is 2. The van der Waals surface area contributed by atoms with E-state index in [9.17, 15) is 9.59 Å². The number of hydrogen-bond acceptors (Lipinski definition) is 8. The van der Waals surface area contributed by atoms with Crippen molar-refractivity contribution in [2.24, 2.45) is 5.41 Å². The number of carbonyl (C=O) groups is 2. The number of fused-ring (bicyclic) bond motifs is 5. The highest BCUT2D eigenvalue weighted by molar-refractivity contribution is 6.14. The van der Waals surface area contributed by atoms with Crippen molar-refractivity contribution in [3.05, 3.63) is 23.2 Å². The number of esters is 2. The molecule has 8 nitrogen and oxygen atoms in total. The number of nitrogens with zero attached hydrogens (tertiary/aromatic N) is 3. The van der Waals surface area contributed by atoms with Gasteiger partial charge in [-0.1, -0.05) is 20.8 Å². The van der Waals surface area contributed by atoms with Gasteiger partial charge in [-0.2, -0.15) is 0 Å². The van der Waals surface area contributed by atoms with Crippen LogP contribution in [0.5, 0.6) is 0 Å². The first kappa shape index (κ1) is 19.3. The summed E-state index contributed by atoms with van der Waals surface area (Å²) in [6.45, 7) is 10.4. The van der Waals surface area contributed by atoms with Crippen LogP contribution in [0.2, 0.25) is 0 Å². The molecule has 1 fully saturated rings. The number of hydrogen-bond donors (Lipinski definition) is 1. The second kappa shape index (κ2) is 6.90. The lowest BCUT2D eigenvalue weighted by atomic mass is 9.70. The van der Waals surface area contributed by atoms with Crippen LogP contribution in [0.15, 0.2) is 11.8 Å². The molecule has 0 aliphatic heterocycles. The van der Waals surface area contributed by atoms with Gasteiger partial charge in [-0.15, -0.1) is 10.2 Å². The third-order valence-corrected chi connectivity index (χ3v) is 6.13. The standard InChI is InChI=1S/C19H26N4O4/c1-6-26-15(24)11(16(25)27-7-2)10-20-17-21-14-13(22-23-17)12-8-9-19(14,5)18(12,3)4/h10,12H,6-9H2,1-5H3,(H,20,21,23)/t12-,19+/m1/s1. The topological polar surface area (TPSA) is 103 Å². The van der Waals surface area contributed by atoms with E-state index in [1.165, 1.54) is 6.20 Å². The number of carbonyl (C=O) groups excluding carboxylic acids is 2. The predicted octanol–water partition coefficient (Wildman–Crippen LogP) is 2.47. The zero-order chi connectivity index (χ0) is 19.8. The lowest BCUT2D eigenvalue weighted by molar-refractivity contribution is -0.146. The Hall–Kier alpha value is -2.51. The molecular weight excluding hydrogens is 348 g/mol. The smallest absolute Gasteiger partial charge is 0.347 e. The number of aromatic nitrogens is 3. The van der Waals surface area contributed by atoms with E-state index in [2.05, 4.69) is 41.3 Å². The Morgan fingerprint density at radius 1 is 1.15 bits per heavy atom. The van der Waals surface area contributed by atoms with Crippen LogP contribution in [0, 0.1) is 5.41 Å². The Morgan fingerprint density at radius 2 is 1.78 bits per heavy atom. The van der Waals surface area contributed by atoms with Gasteiger partial charge in [-0.05, 0) is 32.1 Å². The molecule has 27 heavy (non-hydrogen) atoms. The summed E-state index contributed by atoms with van der Waals surface area (Å²) in [6, 6.07) is 0. The summed E-state index contributed by atoms with van der Waals surface area (Å²) in [6.07, 6.45) is 3.37. The van der Waals surface area contributed by atoms with Crippen molar-refractivity contribution in [2.45, 2.75) is 58.8 Å². The van der Waals surface area contributed by atoms with E-state index in [0.29, 0.717) is 5.92 Å². The predicted molar refractivity (Wildman–Crippen MR) is 97.9 cm³/mol. The summed E-state index contributed by atoms with van der Waals surface area (Å²) < 4.78 is 9.83. The molecule has 1 aromatic rings. The SMILES string of the molecule is CCOC(=O)C(=CNc1nnc2c(n1)[C@]1(C)CC[C@H]2C1(C)C)C(=O)OCC. The normalized spacial score (nSPS) is 24.1. The maximum Gasteiger partial charge on any atom is 0.347 e. The van der Waals surface area contributed by atoms with Gasteiger partial charge in [-0.3, -0.25) is 0 Å². The summed E-state index contributed by atoms with van der Waals surface area (Å²) in [4.78, 5) is 28.7. The Labute approximate surface area is 158 Å². The fourth-order valence-electron chi connectivity index (χ4n) is 4.19. The molecule has 146 valence electrons. The van der Waals surface area contributed by atoms with Gasteiger partial charge in [-0.25, -0.2) is 14.6 Å². The lowest BCUT2D eigenvalue weighted by Gasteiger charge is -2.33. The van der Waals surface area contributed by atoms with Crippen molar-refractivity contribution >= 4 is 17.9 Å². The number of nitrogens with one attached hydrogen (secondary N) is 1. The Morgan fingerprint density at radius 3 is 2.37 bits per heavy atom. The van der Waals surface area contributed by atoms with Crippen molar-refractivity contribution in [3.63, 3.8) is 0 Å². The van der Waals surface area contributed by atoms with Crippen molar-refractivity contribution in [1.82, 2.24) is 15.2 Å². The summed E-state index contributed by atoms with van der Waals surface area (Å²) in [5, 5.41) is 11.3. The van der Waals surface area contributed by atoms with Crippen LogP contribution in [0.1, 0.15) is 64.8 Å². The summed E-state index contributed by atoms with van der Waals surface area (Å²) in [7, 11) is 0. The third-order valence-electron chi connectivity index (χ3n) is 6.13.